The number of esters is 1. The van der Waals surface area contributed by atoms with Crippen LogP contribution in [0, 0.1) is 5.21 Å². The number of hydrogen-bond acceptors (Lipinski definition) is 5. The molecule has 0 aromatic heterocycles. The third-order valence-corrected chi connectivity index (χ3v) is 4.98. The molecule has 0 bridgehead atoms. The number of carbonyl (C=O) groups excluding carboxylic acids is 1. The van der Waals surface area contributed by atoms with E-state index in [9.17, 15) is 10.0 Å². The van der Waals surface area contributed by atoms with E-state index in [0.29, 0.717) is 11.1 Å². The van der Waals surface area contributed by atoms with Gasteiger partial charge in [-0.3, -0.25) is 0 Å². The predicted molar refractivity (Wildman–Crippen MR) is 90.5 cm³/mol. The summed E-state index contributed by atoms with van der Waals surface area (Å²) in [4.78, 5) is 12.2. The zero-order valence-electron chi connectivity index (χ0n) is 12.5. The van der Waals surface area contributed by atoms with Crippen LogP contribution in [0.15, 0.2) is 59.1 Å². The monoisotopic (exact) mass is 378 g/mol. The first-order valence-corrected chi connectivity index (χ1v) is 8.69. The Morgan fingerprint density at radius 3 is 2.43 bits per heavy atom. The Hall–Kier alpha value is -2.11. The first-order valence-electron chi connectivity index (χ1n) is 6.98. The van der Waals surface area contributed by atoms with Crippen molar-refractivity contribution in [3.8, 4) is 0 Å². The molecule has 0 aliphatic heterocycles. The van der Waals surface area contributed by atoms with Gasteiger partial charge in [-0.15, -0.1) is 0 Å². The summed E-state index contributed by atoms with van der Waals surface area (Å²) < 4.78 is 6.77. The molecule has 0 unspecified atom stereocenters. The molecule has 120 valence electrons. The second-order valence-electron chi connectivity index (χ2n) is 4.51. The Bertz CT molecular complexity index is 669. The van der Waals surface area contributed by atoms with Crippen LogP contribution >= 0.6 is 0 Å². The van der Waals surface area contributed by atoms with Crippen LogP contribution in [0.5, 0.6) is 0 Å². The SMILES string of the molecule is CCOC(=O)/C(=C/c1ccc(N([O-])O)cc1)[Se]c1ccccc1. The van der Waals surface area contributed by atoms with E-state index < -0.39 is 0 Å². The van der Waals surface area contributed by atoms with E-state index >= 15 is 0 Å². The Morgan fingerprint density at radius 2 is 1.87 bits per heavy atom. The van der Waals surface area contributed by atoms with E-state index in [4.69, 9.17) is 9.94 Å². The van der Waals surface area contributed by atoms with Crippen LogP contribution in [0.4, 0.5) is 5.69 Å². The molecule has 23 heavy (non-hydrogen) atoms. The van der Waals surface area contributed by atoms with Gasteiger partial charge < -0.3 is 0 Å². The van der Waals surface area contributed by atoms with Crippen LogP contribution in [-0.4, -0.2) is 32.7 Å². The summed E-state index contributed by atoms with van der Waals surface area (Å²) in [6.07, 6.45) is 1.75. The van der Waals surface area contributed by atoms with E-state index in [-0.39, 0.29) is 31.8 Å². The topological polar surface area (TPSA) is 72.8 Å². The minimum absolute atomic E-state index is 0.133. The molecule has 6 heteroatoms. The number of ether oxygens (including phenoxy) is 1. The Morgan fingerprint density at radius 1 is 1.22 bits per heavy atom. The first-order chi connectivity index (χ1) is 11.1. The summed E-state index contributed by atoms with van der Waals surface area (Å²) in [5, 5.41) is 19.4. The fourth-order valence-electron chi connectivity index (χ4n) is 1.80. The fraction of sp³-hybridized carbons (Fsp3) is 0.118. The summed E-state index contributed by atoms with van der Waals surface area (Å²) >= 11 is -0.187. The van der Waals surface area contributed by atoms with Crippen molar-refractivity contribution in [3.05, 3.63) is 69.8 Å². The maximum atomic E-state index is 12.2. The van der Waals surface area contributed by atoms with Crippen molar-refractivity contribution in [1.29, 1.82) is 0 Å². The van der Waals surface area contributed by atoms with E-state index in [1.807, 2.05) is 30.3 Å². The Kier molecular flexibility index (Phi) is 6.38. The molecule has 0 aliphatic carbocycles. The van der Waals surface area contributed by atoms with Gasteiger partial charge in [-0.25, -0.2) is 0 Å². The first kappa shape index (κ1) is 17.2. The average Bonchev–Trinajstić information content (AvgIpc) is 2.56. The van der Waals surface area contributed by atoms with Crippen molar-refractivity contribution >= 4 is 37.2 Å². The van der Waals surface area contributed by atoms with Crippen molar-refractivity contribution in [2.24, 2.45) is 0 Å². The van der Waals surface area contributed by atoms with Crippen LogP contribution in [0.25, 0.3) is 6.08 Å². The fourth-order valence-corrected chi connectivity index (χ4v) is 3.65. The molecule has 0 amide bonds. The quantitative estimate of drug-likeness (QED) is 0.362. The van der Waals surface area contributed by atoms with Gasteiger partial charge in [0.1, 0.15) is 0 Å². The molecule has 0 saturated heterocycles. The van der Waals surface area contributed by atoms with Gasteiger partial charge in [-0.2, -0.15) is 0 Å². The summed E-state index contributed by atoms with van der Waals surface area (Å²) in [6, 6.07) is 16.0. The summed E-state index contributed by atoms with van der Waals surface area (Å²) in [7, 11) is 0. The van der Waals surface area contributed by atoms with Gasteiger partial charge in [0.25, 0.3) is 0 Å². The van der Waals surface area contributed by atoms with Gasteiger partial charge >= 0.3 is 140 Å². The van der Waals surface area contributed by atoms with Gasteiger partial charge in [0, 0.05) is 0 Å². The van der Waals surface area contributed by atoms with Gasteiger partial charge in [-0.05, 0) is 0 Å². The number of rotatable bonds is 6. The van der Waals surface area contributed by atoms with Crippen molar-refractivity contribution in [1.82, 2.24) is 0 Å². The molecule has 1 N–H and O–H groups in total. The molecular formula is C17H16NO4Se-. The molecule has 0 saturated carbocycles. The molecular weight excluding hydrogens is 361 g/mol. The second-order valence-corrected chi connectivity index (χ2v) is 6.85. The van der Waals surface area contributed by atoms with E-state index in [1.54, 1.807) is 25.1 Å². The van der Waals surface area contributed by atoms with E-state index in [1.165, 1.54) is 12.1 Å². The van der Waals surface area contributed by atoms with E-state index in [2.05, 4.69) is 0 Å². The molecule has 2 aromatic rings. The maximum absolute atomic E-state index is 12.2. The van der Waals surface area contributed by atoms with Gasteiger partial charge in [0.05, 0.1) is 0 Å². The molecule has 0 heterocycles. The molecule has 5 nitrogen and oxygen atoms in total. The number of nitrogens with zero attached hydrogens (tertiary/aromatic N) is 1. The van der Waals surface area contributed by atoms with Crippen molar-refractivity contribution in [2.75, 3.05) is 11.8 Å². The van der Waals surface area contributed by atoms with Gasteiger partial charge in [0.15, 0.2) is 0 Å². The molecule has 2 rings (SSSR count). The number of benzene rings is 2. The molecule has 0 atom stereocenters. The number of hydrogen-bond donors (Lipinski definition) is 1. The Labute approximate surface area is 140 Å². The zero-order chi connectivity index (χ0) is 16.7. The zero-order valence-corrected chi connectivity index (χ0v) is 14.2. The number of anilines is 1. The molecule has 2 aromatic carbocycles. The average molecular weight is 377 g/mol. The van der Waals surface area contributed by atoms with Crippen molar-refractivity contribution in [2.45, 2.75) is 6.92 Å². The summed E-state index contributed by atoms with van der Waals surface area (Å²) in [5.41, 5.74) is 0.893. The standard InChI is InChI=1S/C17H16NO4Se/c1-2-22-17(19)16(23-15-6-4-3-5-7-15)12-13-8-10-14(11-9-13)18(20)21/h3-12,20H,2H2,1H3/q-1/b16-12-. The molecule has 0 aliphatic rings. The van der Waals surface area contributed by atoms with Crippen LogP contribution < -0.4 is 9.69 Å². The second kappa shape index (κ2) is 8.50. The van der Waals surface area contributed by atoms with Gasteiger partial charge in [-0.1, -0.05) is 0 Å². The molecule has 0 fully saturated rings. The van der Waals surface area contributed by atoms with Crippen molar-refractivity contribution < 1.29 is 14.7 Å². The molecule has 0 radical (unpaired) electrons. The van der Waals surface area contributed by atoms with Crippen LogP contribution in [0.3, 0.4) is 0 Å². The van der Waals surface area contributed by atoms with Crippen LogP contribution in [-0.2, 0) is 9.53 Å². The summed E-state index contributed by atoms with van der Waals surface area (Å²) in [6.45, 7) is 2.08. The molecule has 0 spiro atoms. The van der Waals surface area contributed by atoms with E-state index in [0.717, 1.165) is 10.0 Å². The number of carbonyl (C=O) groups is 1. The normalized spacial score (nSPS) is 11.2. The minimum atomic E-state index is -0.340. The third kappa shape index (κ3) is 5.23. The summed E-state index contributed by atoms with van der Waals surface area (Å²) in [5.74, 6) is -0.340. The van der Waals surface area contributed by atoms with Crippen LogP contribution in [0.2, 0.25) is 0 Å². The van der Waals surface area contributed by atoms with Crippen molar-refractivity contribution in [3.63, 3.8) is 0 Å². The van der Waals surface area contributed by atoms with Crippen LogP contribution in [0.1, 0.15) is 12.5 Å². The van der Waals surface area contributed by atoms with Gasteiger partial charge in [0.2, 0.25) is 0 Å². The predicted octanol–water partition coefficient (Wildman–Crippen LogP) is 2.31. The third-order valence-electron chi connectivity index (χ3n) is 2.86. The Balaban J connectivity index is 2.26.